The summed E-state index contributed by atoms with van der Waals surface area (Å²) < 4.78 is 16.2. The van der Waals surface area contributed by atoms with E-state index in [4.69, 9.17) is 0 Å². The van der Waals surface area contributed by atoms with E-state index in [2.05, 4.69) is 15.4 Å². The van der Waals surface area contributed by atoms with Gasteiger partial charge in [-0.15, -0.1) is 0 Å². The summed E-state index contributed by atoms with van der Waals surface area (Å²) >= 11 is 0. The van der Waals surface area contributed by atoms with E-state index in [0.29, 0.717) is 30.5 Å². The van der Waals surface area contributed by atoms with E-state index in [1.807, 2.05) is 34.1 Å². The fourth-order valence-corrected chi connectivity index (χ4v) is 2.09. The molecule has 0 aromatic carbocycles. The van der Waals surface area contributed by atoms with Crippen molar-refractivity contribution < 1.29 is 4.39 Å². The van der Waals surface area contributed by atoms with Crippen LogP contribution in [0.3, 0.4) is 0 Å². The number of hydrogen-bond donors (Lipinski definition) is 1. The van der Waals surface area contributed by atoms with Crippen LogP contribution in [-0.2, 0) is 20.1 Å². The van der Waals surface area contributed by atoms with Crippen molar-refractivity contribution in [3.05, 3.63) is 41.6 Å². The van der Waals surface area contributed by atoms with Crippen molar-refractivity contribution in [2.75, 3.05) is 11.9 Å². The lowest BCUT2D eigenvalue weighted by Crippen LogP contribution is -2.24. The molecule has 114 valence electrons. The van der Waals surface area contributed by atoms with Gasteiger partial charge in [0.05, 0.1) is 6.20 Å². The van der Waals surface area contributed by atoms with Crippen LogP contribution in [0.5, 0.6) is 0 Å². The van der Waals surface area contributed by atoms with Gasteiger partial charge in [-0.1, -0.05) is 13.8 Å². The van der Waals surface area contributed by atoms with Crippen LogP contribution in [0, 0.1) is 5.82 Å². The number of hydrogen-bond acceptors (Lipinski definition) is 4. The molecule has 0 radical (unpaired) electrons. The highest BCUT2D eigenvalue weighted by atomic mass is 19.1. The van der Waals surface area contributed by atoms with Gasteiger partial charge in [0, 0.05) is 56.7 Å². The van der Waals surface area contributed by atoms with Gasteiger partial charge in [-0.3, -0.25) is 4.68 Å². The highest BCUT2D eigenvalue weighted by molar-refractivity contribution is 5.42. The van der Waals surface area contributed by atoms with Crippen LogP contribution in [0.15, 0.2) is 24.7 Å². The van der Waals surface area contributed by atoms with Crippen molar-refractivity contribution in [1.82, 2.24) is 20.1 Å². The van der Waals surface area contributed by atoms with E-state index < -0.39 is 0 Å². The molecule has 0 aliphatic rings. The quantitative estimate of drug-likeness (QED) is 0.885. The van der Waals surface area contributed by atoms with Crippen LogP contribution in [0.2, 0.25) is 0 Å². The van der Waals surface area contributed by atoms with Crippen molar-refractivity contribution in [1.29, 1.82) is 0 Å². The molecule has 2 rings (SSSR count). The summed E-state index contributed by atoms with van der Waals surface area (Å²) in [6, 6.07) is 2.03. The van der Waals surface area contributed by atoms with E-state index in [-0.39, 0.29) is 5.82 Å². The molecule has 2 heterocycles. The maximum atomic E-state index is 14.5. The van der Waals surface area contributed by atoms with Crippen LogP contribution in [0.4, 0.5) is 10.2 Å². The third-order valence-electron chi connectivity index (χ3n) is 3.19. The SMILES string of the molecule is CC(C)NCc1ccnc(N(C)Cc2cnn(C)c2)c1F. The topological polar surface area (TPSA) is 46.0 Å². The first-order valence-corrected chi connectivity index (χ1v) is 7.02. The maximum Gasteiger partial charge on any atom is 0.170 e. The number of aryl methyl sites for hydroxylation is 1. The first kappa shape index (κ1) is 15.4. The zero-order valence-electron chi connectivity index (χ0n) is 13.0. The average Bonchev–Trinajstić information content (AvgIpc) is 2.82. The van der Waals surface area contributed by atoms with E-state index in [1.165, 1.54) is 0 Å². The Labute approximate surface area is 124 Å². The summed E-state index contributed by atoms with van der Waals surface area (Å²) in [5, 5.41) is 7.34. The maximum absolute atomic E-state index is 14.5. The summed E-state index contributed by atoms with van der Waals surface area (Å²) in [5.74, 6) is 0.0962. The number of aromatic nitrogens is 3. The Balaban J connectivity index is 2.13. The first-order valence-electron chi connectivity index (χ1n) is 7.02. The molecule has 0 amide bonds. The minimum atomic E-state index is -0.267. The van der Waals surface area contributed by atoms with Crippen molar-refractivity contribution in [3.63, 3.8) is 0 Å². The molecule has 6 heteroatoms. The predicted molar refractivity (Wildman–Crippen MR) is 81.5 cm³/mol. The van der Waals surface area contributed by atoms with Gasteiger partial charge < -0.3 is 10.2 Å². The zero-order valence-corrected chi connectivity index (χ0v) is 13.0. The molecule has 0 spiro atoms. The van der Waals surface area contributed by atoms with Gasteiger partial charge in [0.25, 0.3) is 0 Å². The van der Waals surface area contributed by atoms with Gasteiger partial charge in [-0.2, -0.15) is 5.10 Å². The average molecular weight is 291 g/mol. The van der Waals surface area contributed by atoms with Gasteiger partial charge in [0.1, 0.15) is 0 Å². The minimum absolute atomic E-state index is 0.267. The van der Waals surface area contributed by atoms with Crippen molar-refractivity contribution in [3.8, 4) is 0 Å². The van der Waals surface area contributed by atoms with Crippen LogP contribution in [0.1, 0.15) is 25.0 Å². The standard InChI is InChI=1S/C15H22FN5/c1-11(2)18-8-13-5-6-17-15(14(13)16)20(3)9-12-7-19-21(4)10-12/h5-7,10-11,18H,8-9H2,1-4H3. The van der Waals surface area contributed by atoms with Crippen LogP contribution < -0.4 is 10.2 Å². The molecule has 2 aromatic heterocycles. The molecule has 0 saturated heterocycles. The summed E-state index contributed by atoms with van der Waals surface area (Å²) in [6.07, 6.45) is 5.34. The van der Waals surface area contributed by atoms with E-state index in [1.54, 1.807) is 28.0 Å². The van der Waals surface area contributed by atoms with Crippen molar-refractivity contribution in [2.45, 2.75) is 33.0 Å². The summed E-state index contributed by atoms with van der Waals surface area (Å²) in [5.41, 5.74) is 1.65. The van der Waals surface area contributed by atoms with Gasteiger partial charge in [0.2, 0.25) is 0 Å². The van der Waals surface area contributed by atoms with E-state index in [9.17, 15) is 4.39 Å². The molecule has 0 unspecified atom stereocenters. The van der Waals surface area contributed by atoms with E-state index in [0.717, 1.165) is 5.56 Å². The van der Waals surface area contributed by atoms with Gasteiger partial charge in [0.15, 0.2) is 11.6 Å². The van der Waals surface area contributed by atoms with Gasteiger partial charge in [-0.25, -0.2) is 9.37 Å². The van der Waals surface area contributed by atoms with E-state index >= 15 is 0 Å². The molecule has 0 aliphatic carbocycles. The molecule has 0 bridgehead atoms. The molecule has 0 fully saturated rings. The smallest absolute Gasteiger partial charge is 0.170 e. The first-order chi connectivity index (χ1) is 9.97. The fourth-order valence-electron chi connectivity index (χ4n) is 2.09. The number of anilines is 1. The minimum Gasteiger partial charge on any atom is -0.353 e. The molecule has 2 aromatic rings. The van der Waals surface area contributed by atoms with Crippen LogP contribution in [-0.4, -0.2) is 27.9 Å². The van der Waals surface area contributed by atoms with Gasteiger partial charge in [-0.05, 0) is 6.07 Å². The number of nitrogens with zero attached hydrogens (tertiary/aromatic N) is 4. The molecular formula is C15H22FN5. The number of nitrogens with one attached hydrogen (secondary N) is 1. The molecule has 21 heavy (non-hydrogen) atoms. The predicted octanol–water partition coefficient (Wildman–Crippen LogP) is 2.09. The molecule has 0 atom stereocenters. The number of pyridine rings is 1. The second-order valence-electron chi connectivity index (χ2n) is 5.52. The Hall–Kier alpha value is -1.95. The third kappa shape index (κ3) is 4.01. The van der Waals surface area contributed by atoms with Gasteiger partial charge >= 0.3 is 0 Å². The van der Waals surface area contributed by atoms with Crippen LogP contribution >= 0.6 is 0 Å². The number of rotatable bonds is 6. The highest BCUT2D eigenvalue weighted by Gasteiger charge is 2.14. The highest BCUT2D eigenvalue weighted by Crippen LogP contribution is 2.20. The lowest BCUT2D eigenvalue weighted by molar-refractivity contribution is 0.548. The Morgan fingerprint density at radius 2 is 2.19 bits per heavy atom. The zero-order chi connectivity index (χ0) is 15.4. The lowest BCUT2D eigenvalue weighted by Gasteiger charge is -2.19. The van der Waals surface area contributed by atoms with Crippen LogP contribution in [0.25, 0.3) is 0 Å². The second kappa shape index (κ2) is 6.67. The second-order valence-corrected chi connectivity index (χ2v) is 5.52. The molecular weight excluding hydrogens is 269 g/mol. The summed E-state index contributed by atoms with van der Waals surface area (Å²) in [6.45, 7) is 5.14. The summed E-state index contributed by atoms with van der Waals surface area (Å²) in [4.78, 5) is 5.96. The molecule has 0 aliphatic heterocycles. The fraction of sp³-hybridized carbons (Fsp3) is 0.467. The van der Waals surface area contributed by atoms with Crippen molar-refractivity contribution >= 4 is 5.82 Å². The molecule has 0 saturated carbocycles. The monoisotopic (exact) mass is 291 g/mol. The third-order valence-corrected chi connectivity index (χ3v) is 3.19. The molecule has 1 N–H and O–H groups in total. The Kier molecular flexibility index (Phi) is 4.90. The summed E-state index contributed by atoms with van der Waals surface area (Å²) in [7, 11) is 3.69. The Morgan fingerprint density at radius 1 is 1.43 bits per heavy atom. The normalized spacial score (nSPS) is 11.1. The Bertz CT molecular complexity index is 593. The van der Waals surface area contributed by atoms with Crippen molar-refractivity contribution in [2.24, 2.45) is 7.05 Å². The molecule has 5 nitrogen and oxygen atoms in total. The Morgan fingerprint density at radius 3 is 2.81 bits per heavy atom. The largest absolute Gasteiger partial charge is 0.353 e. The lowest BCUT2D eigenvalue weighted by atomic mass is 10.2. The number of halogens is 1.